The molecule has 0 bridgehead atoms. The lowest BCUT2D eigenvalue weighted by atomic mass is 10.2. The standard InChI is InChI=1S/C21H21N3O3/c1-2-24(15-16-8-4-3-5-9-16)21(26)19-12-6-11-18(23-19)20(25)22-14-17-10-7-13-27-17/h3-13H,2,14-15H2,1H3,(H,22,25). The van der Waals surface area contributed by atoms with Crippen molar-refractivity contribution in [2.24, 2.45) is 0 Å². The van der Waals surface area contributed by atoms with Gasteiger partial charge in [0.2, 0.25) is 0 Å². The Bertz CT molecular complexity index is 892. The quantitative estimate of drug-likeness (QED) is 0.699. The second kappa shape index (κ2) is 8.80. The molecule has 0 aliphatic heterocycles. The number of carbonyl (C=O) groups excluding carboxylic acids is 2. The Hall–Kier alpha value is -3.41. The number of nitrogens with zero attached hydrogens (tertiary/aromatic N) is 2. The first-order valence-electron chi connectivity index (χ1n) is 8.78. The van der Waals surface area contributed by atoms with E-state index in [0.29, 0.717) is 18.8 Å². The minimum Gasteiger partial charge on any atom is -0.467 e. The zero-order valence-electron chi connectivity index (χ0n) is 15.1. The van der Waals surface area contributed by atoms with Crippen molar-refractivity contribution in [1.29, 1.82) is 0 Å². The fourth-order valence-electron chi connectivity index (χ4n) is 2.64. The lowest BCUT2D eigenvalue weighted by molar-refractivity contribution is 0.0746. The van der Waals surface area contributed by atoms with Crippen LogP contribution in [0.1, 0.15) is 39.2 Å². The molecule has 0 saturated carbocycles. The van der Waals surface area contributed by atoms with Crippen LogP contribution in [0.2, 0.25) is 0 Å². The highest BCUT2D eigenvalue weighted by Gasteiger charge is 2.18. The van der Waals surface area contributed by atoms with Crippen LogP contribution < -0.4 is 5.32 Å². The summed E-state index contributed by atoms with van der Waals surface area (Å²) < 4.78 is 5.19. The minimum absolute atomic E-state index is 0.197. The molecule has 0 radical (unpaired) electrons. The van der Waals surface area contributed by atoms with E-state index in [9.17, 15) is 9.59 Å². The second-order valence-corrected chi connectivity index (χ2v) is 5.98. The number of pyridine rings is 1. The predicted octanol–water partition coefficient (Wildman–Crippen LogP) is 3.27. The topological polar surface area (TPSA) is 75.4 Å². The van der Waals surface area contributed by atoms with Gasteiger partial charge in [0.25, 0.3) is 11.8 Å². The highest BCUT2D eigenvalue weighted by molar-refractivity contribution is 5.96. The van der Waals surface area contributed by atoms with Crippen molar-refractivity contribution >= 4 is 11.8 Å². The van der Waals surface area contributed by atoms with E-state index < -0.39 is 0 Å². The smallest absolute Gasteiger partial charge is 0.272 e. The lowest BCUT2D eigenvalue weighted by Crippen LogP contribution is -2.32. The second-order valence-electron chi connectivity index (χ2n) is 5.98. The number of hydrogen-bond acceptors (Lipinski definition) is 4. The third kappa shape index (κ3) is 4.82. The fourth-order valence-corrected chi connectivity index (χ4v) is 2.64. The molecule has 2 amide bonds. The zero-order chi connectivity index (χ0) is 19.1. The van der Waals surface area contributed by atoms with E-state index in [1.807, 2.05) is 37.3 Å². The normalized spacial score (nSPS) is 10.4. The Kier molecular flexibility index (Phi) is 5.99. The predicted molar refractivity (Wildman–Crippen MR) is 101 cm³/mol. The molecule has 3 aromatic rings. The van der Waals surface area contributed by atoms with Gasteiger partial charge in [0.1, 0.15) is 17.1 Å². The van der Waals surface area contributed by atoms with Crippen molar-refractivity contribution in [3.05, 3.63) is 89.6 Å². The monoisotopic (exact) mass is 363 g/mol. The van der Waals surface area contributed by atoms with Gasteiger partial charge in [-0.1, -0.05) is 36.4 Å². The van der Waals surface area contributed by atoms with Gasteiger partial charge in [-0.25, -0.2) is 4.98 Å². The molecule has 1 aromatic carbocycles. The van der Waals surface area contributed by atoms with Gasteiger partial charge in [-0.3, -0.25) is 9.59 Å². The van der Waals surface area contributed by atoms with E-state index in [2.05, 4.69) is 10.3 Å². The number of amides is 2. The van der Waals surface area contributed by atoms with Crippen molar-refractivity contribution in [2.45, 2.75) is 20.0 Å². The summed E-state index contributed by atoms with van der Waals surface area (Å²) in [5.74, 6) is 0.0878. The maximum atomic E-state index is 12.8. The molecular weight excluding hydrogens is 342 g/mol. The third-order valence-electron chi connectivity index (χ3n) is 4.09. The lowest BCUT2D eigenvalue weighted by Gasteiger charge is -2.20. The molecule has 138 valence electrons. The minimum atomic E-state index is -0.354. The van der Waals surface area contributed by atoms with Crippen LogP contribution in [0.15, 0.2) is 71.3 Å². The summed E-state index contributed by atoms with van der Waals surface area (Å²) >= 11 is 0. The highest BCUT2D eigenvalue weighted by Crippen LogP contribution is 2.10. The summed E-state index contributed by atoms with van der Waals surface area (Å²) in [6.45, 7) is 3.22. The molecule has 6 nitrogen and oxygen atoms in total. The van der Waals surface area contributed by atoms with Crippen LogP contribution in [0.25, 0.3) is 0 Å². The number of hydrogen-bond donors (Lipinski definition) is 1. The summed E-state index contributed by atoms with van der Waals surface area (Å²) in [5, 5.41) is 2.73. The molecule has 2 aromatic heterocycles. The van der Waals surface area contributed by atoms with Gasteiger partial charge < -0.3 is 14.6 Å². The maximum Gasteiger partial charge on any atom is 0.272 e. The molecule has 6 heteroatoms. The van der Waals surface area contributed by atoms with E-state index in [1.165, 1.54) is 0 Å². The molecule has 3 rings (SSSR count). The number of nitrogens with one attached hydrogen (secondary N) is 1. The van der Waals surface area contributed by atoms with E-state index in [1.54, 1.807) is 41.5 Å². The Balaban J connectivity index is 1.69. The molecule has 0 saturated heterocycles. The molecule has 0 unspecified atom stereocenters. The van der Waals surface area contributed by atoms with Gasteiger partial charge in [-0.15, -0.1) is 0 Å². The Morgan fingerprint density at radius 3 is 2.48 bits per heavy atom. The van der Waals surface area contributed by atoms with Gasteiger partial charge in [0.15, 0.2) is 0 Å². The van der Waals surface area contributed by atoms with E-state index in [-0.39, 0.29) is 29.7 Å². The summed E-state index contributed by atoms with van der Waals surface area (Å²) in [5.41, 5.74) is 1.49. The highest BCUT2D eigenvalue weighted by atomic mass is 16.3. The van der Waals surface area contributed by atoms with Crippen molar-refractivity contribution in [1.82, 2.24) is 15.2 Å². The van der Waals surface area contributed by atoms with Crippen LogP contribution in [0.4, 0.5) is 0 Å². The van der Waals surface area contributed by atoms with Crippen LogP contribution in [0, 0.1) is 0 Å². The largest absolute Gasteiger partial charge is 0.467 e. The van der Waals surface area contributed by atoms with Crippen LogP contribution in [-0.4, -0.2) is 28.2 Å². The summed E-state index contributed by atoms with van der Waals surface area (Å²) in [6, 6.07) is 18.2. The van der Waals surface area contributed by atoms with Crippen molar-refractivity contribution in [3.63, 3.8) is 0 Å². The molecule has 1 N–H and O–H groups in total. The van der Waals surface area contributed by atoms with Gasteiger partial charge in [-0.2, -0.15) is 0 Å². The van der Waals surface area contributed by atoms with Crippen molar-refractivity contribution in [2.75, 3.05) is 6.54 Å². The van der Waals surface area contributed by atoms with E-state index >= 15 is 0 Å². The van der Waals surface area contributed by atoms with Gasteiger partial charge in [0.05, 0.1) is 12.8 Å². The van der Waals surface area contributed by atoms with E-state index in [4.69, 9.17) is 4.42 Å². The Labute approximate surface area is 157 Å². The SMILES string of the molecule is CCN(Cc1ccccc1)C(=O)c1cccc(C(=O)NCc2ccco2)n1. The molecule has 0 aliphatic rings. The molecule has 27 heavy (non-hydrogen) atoms. The number of benzene rings is 1. The van der Waals surface area contributed by atoms with Crippen molar-refractivity contribution < 1.29 is 14.0 Å². The molecule has 0 fully saturated rings. The molecule has 0 spiro atoms. The summed E-state index contributed by atoms with van der Waals surface area (Å²) in [7, 11) is 0. The van der Waals surface area contributed by atoms with Crippen LogP contribution in [-0.2, 0) is 13.1 Å². The average molecular weight is 363 g/mol. The van der Waals surface area contributed by atoms with Crippen molar-refractivity contribution in [3.8, 4) is 0 Å². The summed E-state index contributed by atoms with van der Waals surface area (Å²) in [4.78, 5) is 31.1. The number of rotatable bonds is 7. The van der Waals surface area contributed by atoms with Gasteiger partial charge in [0, 0.05) is 13.1 Å². The molecule has 0 aliphatic carbocycles. The van der Waals surface area contributed by atoms with Crippen LogP contribution in [0.3, 0.4) is 0 Å². The van der Waals surface area contributed by atoms with E-state index in [0.717, 1.165) is 5.56 Å². The molecule has 2 heterocycles. The first kappa shape index (κ1) is 18.4. The average Bonchev–Trinajstić information content (AvgIpc) is 3.24. The Morgan fingerprint density at radius 2 is 1.78 bits per heavy atom. The number of carbonyl (C=O) groups is 2. The maximum absolute atomic E-state index is 12.8. The van der Waals surface area contributed by atoms with Gasteiger partial charge in [-0.05, 0) is 36.8 Å². The van der Waals surface area contributed by atoms with Gasteiger partial charge >= 0.3 is 0 Å². The van der Waals surface area contributed by atoms with Crippen LogP contribution >= 0.6 is 0 Å². The first-order chi connectivity index (χ1) is 13.2. The molecular formula is C21H21N3O3. The third-order valence-corrected chi connectivity index (χ3v) is 4.09. The number of aromatic nitrogens is 1. The summed E-state index contributed by atoms with van der Waals surface area (Å²) in [6.07, 6.45) is 1.55. The zero-order valence-corrected chi connectivity index (χ0v) is 15.1. The Morgan fingerprint density at radius 1 is 1.00 bits per heavy atom. The number of furan rings is 1. The molecule has 0 atom stereocenters. The fraction of sp³-hybridized carbons (Fsp3) is 0.190. The van der Waals surface area contributed by atoms with Crippen LogP contribution in [0.5, 0.6) is 0 Å². The first-order valence-corrected chi connectivity index (χ1v) is 8.78.